The van der Waals surface area contributed by atoms with E-state index >= 15 is 0 Å². The maximum absolute atomic E-state index is 13.0. The number of halogens is 1. The maximum Gasteiger partial charge on any atom is 0.291 e. The van der Waals surface area contributed by atoms with Crippen molar-refractivity contribution in [3.8, 4) is 5.75 Å². The average Bonchev–Trinajstić information content (AvgIpc) is 3.16. The number of hydrogen-bond acceptors (Lipinski definition) is 5. The van der Waals surface area contributed by atoms with Crippen molar-refractivity contribution < 1.29 is 18.7 Å². The highest BCUT2D eigenvalue weighted by Gasteiger charge is 2.28. The number of carbonyl (C=O) groups is 2. The first kappa shape index (κ1) is 22.8. The molecule has 3 aromatic rings. The monoisotopic (exact) mass is 509 g/mol. The van der Waals surface area contributed by atoms with Crippen LogP contribution in [0.25, 0.3) is 0 Å². The van der Waals surface area contributed by atoms with Crippen LogP contribution in [0.3, 0.4) is 0 Å². The molecular weight excluding hydrogens is 486 g/mol. The highest BCUT2D eigenvalue weighted by Crippen LogP contribution is 2.31. The van der Waals surface area contributed by atoms with Crippen LogP contribution in [0.15, 0.2) is 56.5 Å². The van der Waals surface area contributed by atoms with E-state index in [0.717, 1.165) is 22.0 Å². The Balaban J connectivity index is 1.56. The number of ether oxygens (including phenoxy) is 1. The molecule has 0 aliphatic heterocycles. The number of amides is 2. The molecule has 2 amide bonds. The van der Waals surface area contributed by atoms with E-state index in [9.17, 15) is 9.59 Å². The van der Waals surface area contributed by atoms with Gasteiger partial charge >= 0.3 is 0 Å². The lowest BCUT2D eigenvalue weighted by Crippen LogP contribution is -2.22. The van der Waals surface area contributed by atoms with Crippen LogP contribution in [0.4, 0.5) is 5.69 Å². The highest BCUT2D eigenvalue weighted by molar-refractivity contribution is 9.10. The summed E-state index contributed by atoms with van der Waals surface area (Å²) in [4.78, 5) is 25.5. The number of hydrazone groups is 1. The Kier molecular flexibility index (Phi) is 6.65. The van der Waals surface area contributed by atoms with Crippen LogP contribution in [0.2, 0.25) is 0 Å². The van der Waals surface area contributed by atoms with E-state index in [1.807, 2.05) is 32.0 Å². The minimum atomic E-state index is -0.336. The molecule has 1 aromatic heterocycles. The Bertz CT molecular complexity index is 1260. The summed E-state index contributed by atoms with van der Waals surface area (Å²) in [7, 11) is 1.55. The number of fused-ring (bicyclic) bond motifs is 1. The molecule has 0 atom stereocenters. The molecule has 33 heavy (non-hydrogen) atoms. The molecule has 0 saturated carbocycles. The number of benzene rings is 2. The van der Waals surface area contributed by atoms with Crippen LogP contribution in [-0.4, -0.2) is 24.6 Å². The number of carbonyl (C=O) groups excluding carboxylic acids is 2. The van der Waals surface area contributed by atoms with Crippen LogP contribution in [0.5, 0.6) is 5.75 Å². The maximum atomic E-state index is 13.0. The molecule has 0 unspecified atom stereocenters. The third kappa shape index (κ3) is 4.85. The van der Waals surface area contributed by atoms with Gasteiger partial charge in [-0.05, 0) is 78.5 Å². The number of nitrogens with one attached hydrogen (secondary N) is 2. The van der Waals surface area contributed by atoms with E-state index in [1.165, 1.54) is 0 Å². The molecule has 1 aliphatic rings. The van der Waals surface area contributed by atoms with Crippen LogP contribution in [0, 0.1) is 13.8 Å². The van der Waals surface area contributed by atoms with Gasteiger partial charge in [-0.3, -0.25) is 9.59 Å². The number of furan rings is 1. The smallest absolute Gasteiger partial charge is 0.291 e. The minimum Gasteiger partial charge on any atom is -0.497 e. The zero-order valence-electron chi connectivity index (χ0n) is 18.6. The Morgan fingerprint density at radius 3 is 2.67 bits per heavy atom. The summed E-state index contributed by atoms with van der Waals surface area (Å²) in [5.41, 5.74) is 7.02. The summed E-state index contributed by atoms with van der Waals surface area (Å²) in [6.07, 6.45) is 2.20. The lowest BCUT2D eigenvalue weighted by molar-refractivity contribution is 0.0953. The fourth-order valence-electron chi connectivity index (χ4n) is 3.84. The molecule has 8 heteroatoms. The number of rotatable bonds is 5. The van der Waals surface area contributed by atoms with Gasteiger partial charge in [0.05, 0.1) is 18.5 Å². The summed E-state index contributed by atoms with van der Waals surface area (Å²) in [6.45, 7) is 3.82. The number of aryl methyl sites for hydroxylation is 2. The van der Waals surface area contributed by atoms with E-state index in [-0.39, 0.29) is 17.6 Å². The van der Waals surface area contributed by atoms with Crippen molar-refractivity contribution in [1.82, 2.24) is 5.43 Å². The van der Waals surface area contributed by atoms with Crippen molar-refractivity contribution in [2.75, 3.05) is 12.4 Å². The second-order valence-corrected chi connectivity index (χ2v) is 8.73. The molecule has 1 aliphatic carbocycles. The second kappa shape index (κ2) is 9.62. The van der Waals surface area contributed by atoms with Crippen molar-refractivity contribution in [2.45, 2.75) is 33.1 Å². The van der Waals surface area contributed by atoms with Gasteiger partial charge in [0.25, 0.3) is 11.8 Å². The average molecular weight is 510 g/mol. The molecule has 0 bridgehead atoms. The normalized spacial score (nSPS) is 14.0. The number of hydrogen-bond donors (Lipinski definition) is 2. The van der Waals surface area contributed by atoms with Crippen molar-refractivity contribution in [3.05, 3.63) is 80.7 Å². The fourth-order valence-corrected chi connectivity index (χ4v) is 4.44. The highest BCUT2D eigenvalue weighted by atomic mass is 79.9. The molecule has 0 saturated heterocycles. The van der Waals surface area contributed by atoms with Crippen LogP contribution >= 0.6 is 15.9 Å². The molecule has 4 rings (SSSR count). The number of nitrogens with zero attached hydrogens (tertiary/aromatic N) is 1. The van der Waals surface area contributed by atoms with E-state index in [4.69, 9.17) is 9.15 Å². The summed E-state index contributed by atoms with van der Waals surface area (Å²) in [5.74, 6) is 0.891. The third-order valence-corrected chi connectivity index (χ3v) is 6.19. The molecule has 0 spiro atoms. The molecule has 0 radical (unpaired) electrons. The first-order chi connectivity index (χ1) is 15.9. The zero-order valence-corrected chi connectivity index (χ0v) is 20.2. The first-order valence-electron chi connectivity index (χ1n) is 10.6. The van der Waals surface area contributed by atoms with Gasteiger partial charge in [0, 0.05) is 27.6 Å². The van der Waals surface area contributed by atoms with Gasteiger partial charge in [0.2, 0.25) is 0 Å². The lowest BCUT2D eigenvalue weighted by Gasteiger charge is -2.13. The number of anilines is 1. The summed E-state index contributed by atoms with van der Waals surface area (Å²) in [5, 5.41) is 7.27. The van der Waals surface area contributed by atoms with Gasteiger partial charge in [-0.1, -0.05) is 12.1 Å². The van der Waals surface area contributed by atoms with Crippen molar-refractivity contribution in [2.24, 2.45) is 5.10 Å². The van der Waals surface area contributed by atoms with Gasteiger partial charge < -0.3 is 14.5 Å². The third-order valence-electron chi connectivity index (χ3n) is 5.53. The molecular formula is C25H24BrN3O4. The van der Waals surface area contributed by atoms with Gasteiger partial charge in [-0.25, -0.2) is 5.43 Å². The quantitative estimate of drug-likeness (QED) is 0.450. The lowest BCUT2D eigenvalue weighted by atomic mass is 9.93. The van der Waals surface area contributed by atoms with E-state index in [1.54, 1.807) is 31.4 Å². The van der Waals surface area contributed by atoms with Crippen LogP contribution in [0.1, 0.15) is 56.2 Å². The van der Waals surface area contributed by atoms with E-state index < -0.39 is 0 Å². The largest absolute Gasteiger partial charge is 0.497 e. The Labute approximate surface area is 200 Å². The standard InChI is InChI=1S/C25H24BrN3O4/c1-14-10-11-19(18(26)12-14)27-25(31)23-15(2)22-20(8-5-9-21(22)33-23)28-29-24(30)16-6-4-7-17(13-16)32-3/h4,6-7,10-13H,5,8-9H2,1-3H3,(H,27,31)(H,29,30)/b28-20+. The summed E-state index contributed by atoms with van der Waals surface area (Å²) >= 11 is 3.48. The van der Waals surface area contributed by atoms with E-state index in [0.29, 0.717) is 46.9 Å². The van der Waals surface area contributed by atoms with Crippen molar-refractivity contribution in [1.29, 1.82) is 0 Å². The minimum absolute atomic E-state index is 0.251. The summed E-state index contributed by atoms with van der Waals surface area (Å²) < 4.78 is 11.9. The molecule has 1 heterocycles. The fraction of sp³-hybridized carbons (Fsp3) is 0.240. The van der Waals surface area contributed by atoms with Gasteiger partial charge in [0.15, 0.2) is 5.76 Å². The predicted molar refractivity (Wildman–Crippen MR) is 130 cm³/mol. The first-order valence-corrected chi connectivity index (χ1v) is 11.4. The van der Waals surface area contributed by atoms with Gasteiger partial charge in [-0.15, -0.1) is 0 Å². The summed E-state index contributed by atoms with van der Waals surface area (Å²) in [6, 6.07) is 12.6. The Hall–Kier alpha value is -3.39. The van der Waals surface area contributed by atoms with E-state index in [2.05, 4.69) is 31.8 Å². The second-order valence-electron chi connectivity index (χ2n) is 7.88. The Morgan fingerprint density at radius 2 is 1.91 bits per heavy atom. The molecule has 2 aromatic carbocycles. The van der Waals surface area contributed by atoms with Crippen molar-refractivity contribution in [3.63, 3.8) is 0 Å². The van der Waals surface area contributed by atoms with Crippen LogP contribution in [-0.2, 0) is 6.42 Å². The van der Waals surface area contributed by atoms with Gasteiger partial charge in [0.1, 0.15) is 11.5 Å². The van der Waals surface area contributed by atoms with Gasteiger partial charge in [-0.2, -0.15) is 5.10 Å². The number of methoxy groups -OCH3 is 1. The molecule has 7 nitrogen and oxygen atoms in total. The zero-order chi connectivity index (χ0) is 23.5. The van der Waals surface area contributed by atoms with Crippen LogP contribution < -0.4 is 15.5 Å². The topological polar surface area (TPSA) is 92.9 Å². The molecule has 0 fully saturated rings. The molecule has 170 valence electrons. The Morgan fingerprint density at radius 1 is 1.09 bits per heavy atom. The predicted octanol–water partition coefficient (Wildman–Crippen LogP) is 5.39. The molecule has 2 N–H and O–H groups in total. The van der Waals surface area contributed by atoms with Crippen molar-refractivity contribution >= 4 is 39.1 Å². The SMILES string of the molecule is COc1cccc(C(=O)N/N=C2\CCCc3oc(C(=O)Nc4ccc(C)cc4Br)c(C)c32)c1.